The largest absolute Gasteiger partial charge is 0.508 e. The summed E-state index contributed by atoms with van der Waals surface area (Å²) in [6.45, 7) is 1.72. The summed E-state index contributed by atoms with van der Waals surface area (Å²) in [7, 11) is 0. The van der Waals surface area contributed by atoms with Gasteiger partial charge >= 0.3 is 6.18 Å². The summed E-state index contributed by atoms with van der Waals surface area (Å²) in [5, 5.41) is 13.0. The van der Waals surface area contributed by atoms with Gasteiger partial charge in [0.05, 0.1) is 6.42 Å². The summed E-state index contributed by atoms with van der Waals surface area (Å²) in [6.07, 6.45) is -5.57. The quantitative estimate of drug-likeness (QED) is 0.931. The fraction of sp³-hybridized carbons (Fsp3) is 0.333. The van der Waals surface area contributed by atoms with Crippen molar-refractivity contribution in [1.29, 1.82) is 0 Å². The van der Waals surface area contributed by atoms with Crippen LogP contribution in [0.4, 0.5) is 13.2 Å². The van der Waals surface area contributed by atoms with Crippen LogP contribution in [-0.4, -0.2) is 21.4 Å². The number of benzene rings is 1. The van der Waals surface area contributed by atoms with Gasteiger partial charge in [-0.05, 0) is 24.6 Å². The first-order valence-electron chi connectivity index (χ1n) is 5.54. The number of phenolic OH excluding ortho intramolecular Hbond substituents is 1. The topological polar surface area (TPSA) is 59.2 Å². The number of aromatic nitrogens is 2. The maximum Gasteiger partial charge on any atom is 0.389 e. The molecule has 0 unspecified atom stereocenters. The third-order valence-electron chi connectivity index (χ3n) is 2.56. The summed E-state index contributed by atoms with van der Waals surface area (Å²) in [4.78, 5) is 3.87. The fourth-order valence-electron chi connectivity index (χ4n) is 1.47. The first-order valence-corrected chi connectivity index (χ1v) is 5.54. The van der Waals surface area contributed by atoms with Gasteiger partial charge in [-0.15, -0.1) is 0 Å². The predicted molar refractivity (Wildman–Crippen MR) is 60.5 cm³/mol. The molecular weight excluding hydrogens is 261 g/mol. The van der Waals surface area contributed by atoms with Gasteiger partial charge in [-0.2, -0.15) is 18.2 Å². The summed E-state index contributed by atoms with van der Waals surface area (Å²) in [5.41, 5.74) is 1.15. The second-order valence-electron chi connectivity index (χ2n) is 4.13. The van der Waals surface area contributed by atoms with Crippen LogP contribution in [0, 0.1) is 6.92 Å². The summed E-state index contributed by atoms with van der Waals surface area (Å²) in [6, 6.07) is 4.73. The Morgan fingerprint density at radius 2 is 2.05 bits per heavy atom. The second kappa shape index (κ2) is 4.91. The number of halogens is 3. The number of aryl methyl sites for hydroxylation is 2. The first-order chi connectivity index (χ1) is 8.85. The van der Waals surface area contributed by atoms with Gasteiger partial charge in [-0.1, -0.05) is 11.2 Å². The van der Waals surface area contributed by atoms with Crippen LogP contribution in [0.25, 0.3) is 11.5 Å². The first kappa shape index (κ1) is 13.4. The third kappa shape index (κ3) is 3.46. The molecule has 19 heavy (non-hydrogen) atoms. The van der Waals surface area contributed by atoms with E-state index in [0.717, 1.165) is 0 Å². The maximum absolute atomic E-state index is 12.0. The van der Waals surface area contributed by atoms with E-state index in [1.807, 2.05) is 0 Å². The highest BCUT2D eigenvalue weighted by Crippen LogP contribution is 2.26. The fourth-order valence-corrected chi connectivity index (χ4v) is 1.47. The van der Waals surface area contributed by atoms with Crippen LogP contribution in [0.3, 0.4) is 0 Å². The molecule has 0 aliphatic carbocycles. The Kier molecular flexibility index (Phi) is 3.46. The molecule has 102 valence electrons. The molecule has 0 saturated heterocycles. The molecule has 1 aromatic carbocycles. The molecule has 2 aromatic rings. The van der Waals surface area contributed by atoms with Gasteiger partial charge in [-0.25, -0.2) is 0 Å². The van der Waals surface area contributed by atoms with E-state index < -0.39 is 12.6 Å². The molecule has 1 N–H and O–H groups in total. The minimum absolute atomic E-state index is 0.00705. The highest BCUT2D eigenvalue weighted by atomic mass is 19.4. The second-order valence-corrected chi connectivity index (χ2v) is 4.13. The van der Waals surface area contributed by atoms with Gasteiger partial charge in [0.2, 0.25) is 0 Å². The van der Waals surface area contributed by atoms with Gasteiger partial charge < -0.3 is 9.63 Å². The van der Waals surface area contributed by atoms with Crippen molar-refractivity contribution in [2.45, 2.75) is 25.9 Å². The highest BCUT2D eigenvalue weighted by molar-refractivity contribution is 5.57. The molecule has 1 heterocycles. The number of phenols is 1. The van der Waals surface area contributed by atoms with E-state index >= 15 is 0 Å². The van der Waals surface area contributed by atoms with Crippen molar-refractivity contribution in [2.24, 2.45) is 0 Å². The lowest BCUT2D eigenvalue weighted by Crippen LogP contribution is -2.09. The van der Waals surface area contributed by atoms with Crippen molar-refractivity contribution in [3.8, 4) is 17.2 Å². The van der Waals surface area contributed by atoms with Crippen molar-refractivity contribution in [3.05, 3.63) is 29.6 Å². The van der Waals surface area contributed by atoms with Gasteiger partial charge in [0.1, 0.15) is 5.75 Å². The van der Waals surface area contributed by atoms with E-state index in [-0.39, 0.29) is 23.9 Å². The molecule has 0 aliphatic heterocycles. The normalized spacial score (nSPS) is 11.8. The van der Waals surface area contributed by atoms with Crippen molar-refractivity contribution in [1.82, 2.24) is 10.1 Å². The molecule has 7 heteroatoms. The van der Waals surface area contributed by atoms with Gasteiger partial charge in [-0.3, -0.25) is 0 Å². The van der Waals surface area contributed by atoms with Crippen LogP contribution in [0.5, 0.6) is 5.75 Å². The Balaban J connectivity index is 2.14. The van der Waals surface area contributed by atoms with Gasteiger partial charge in [0, 0.05) is 12.0 Å². The van der Waals surface area contributed by atoms with Crippen LogP contribution in [0.2, 0.25) is 0 Å². The number of nitrogens with zero attached hydrogens (tertiary/aromatic N) is 2. The van der Waals surface area contributed by atoms with E-state index in [9.17, 15) is 18.3 Å². The van der Waals surface area contributed by atoms with Crippen LogP contribution in [-0.2, 0) is 6.42 Å². The lowest BCUT2D eigenvalue weighted by molar-refractivity contribution is -0.134. The van der Waals surface area contributed by atoms with E-state index in [0.29, 0.717) is 11.1 Å². The Hall–Kier alpha value is -2.05. The number of hydrogen-bond donors (Lipinski definition) is 1. The smallest absolute Gasteiger partial charge is 0.389 e. The molecule has 0 spiro atoms. The zero-order valence-electron chi connectivity index (χ0n) is 10.0. The molecule has 1 aromatic heterocycles. The molecule has 0 amide bonds. The lowest BCUT2D eigenvalue weighted by atomic mass is 10.1. The van der Waals surface area contributed by atoms with E-state index in [4.69, 9.17) is 4.52 Å². The SMILES string of the molecule is Cc1ccc(-c2nc(CCC(F)(F)F)no2)cc1O. The van der Waals surface area contributed by atoms with Crippen molar-refractivity contribution < 1.29 is 22.8 Å². The third-order valence-corrected chi connectivity index (χ3v) is 2.56. The zero-order valence-corrected chi connectivity index (χ0v) is 10.0. The van der Waals surface area contributed by atoms with Crippen molar-refractivity contribution in [2.75, 3.05) is 0 Å². The van der Waals surface area contributed by atoms with Crippen molar-refractivity contribution >= 4 is 0 Å². The van der Waals surface area contributed by atoms with Crippen molar-refractivity contribution in [3.63, 3.8) is 0 Å². The molecule has 0 radical (unpaired) electrons. The molecule has 0 aliphatic rings. The number of rotatable bonds is 3. The maximum atomic E-state index is 12.0. The molecule has 0 atom stereocenters. The van der Waals surface area contributed by atoms with Gasteiger partial charge in [0.15, 0.2) is 5.82 Å². The summed E-state index contributed by atoms with van der Waals surface area (Å²) >= 11 is 0. The average Bonchev–Trinajstić information content (AvgIpc) is 2.78. The number of aromatic hydroxyl groups is 1. The monoisotopic (exact) mass is 272 g/mol. The minimum Gasteiger partial charge on any atom is -0.508 e. The molecule has 0 bridgehead atoms. The standard InChI is InChI=1S/C12H11F3N2O2/c1-7-2-3-8(6-9(7)18)11-16-10(17-19-11)4-5-12(13,14)15/h2-3,6,18H,4-5H2,1H3. The number of hydrogen-bond acceptors (Lipinski definition) is 4. The number of alkyl halides is 3. The Bertz CT molecular complexity index is 579. The van der Waals surface area contributed by atoms with E-state index in [1.54, 1.807) is 19.1 Å². The van der Waals surface area contributed by atoms with Crippen LogP contribution in [0.1, 0.15) is 17.8 Å². The highest BCUT2D eigenvalue weighted by Gasteiger charge is 2.27. The summed E-state index contributed by atoms with van der Waals surface area (Å²) in [5.74, 6) is 0.146. The Labute approximate surface area is 106 Å². The zero-order chi connectivity index (χ0) is 14.0. The Morgan fingerprint density at radius 1 is 1.32 bits per heavy atom. The van der Waals surface area contributed by atoms with E-state index in [2.05, 4.69) is 10.1 Å². The molecule has 4 nitrogen and oxygen atoms in total. The Morgan fingerprint density at radius 3 is 2.68 bits per heavy atom. The van der Waals surface area contributed by atoms with Crippen LogP contribution >= 0.6 is 0 Å². The van der Waals surface area contributed by atoms with Crippen LogP contribution in [0.15, 0.2) is 22.7 Å². The molecule has 0 fully saturated rings. The minimum atomic E-state index is -4.25. The average molecular weight is 272 g/mol. The molecular formula is C12H11F3N2O2. The predicted octanol–water partition coefficient (Wildman–Crippen LogP) is 3.25. The van der Waals surface area contributed by atoms with Gasteiger partial charge in [0.25, 0.3) is 5.89 Å². The molecule has 0 saturated carbocycles. The van der Waals surface area contributed by atoms with Crippen LogP contribution < -0.4 is 0 Å². The van der Waals surface area contributed by atoms with E-state index in [1.165, 1.54) is 6.07 Å². The lowest BCUT2D eigenvalue weighted by Gasteiger charge is -2.02. The molecule has 2 rings (SSSR count). The summed E-state index contributed by atoms with van der Waals surface area (Å²) < 4.78 is 41.0.